The molecule has 0 saturated heterocycles. The summed E-state index contributed by atoms with van der Waals surface area (Å²) in [7, 11) is 1.62. The highest BCUT2D eigenvalue weighted by molar-refractivity contribution is 5.98. The number of amides is 2. The van der Waals surface area contributed by atoms with E-state index in [1.165, 1.54) is 0 Å². The van der Waals surface area contributed by atoms with Crippen LogP contribution in [0.3, 0.4) is 0 Å². The highest BCUT2D eigenvalue weighted by Crippen LogP contribution is 2.26. The lowest BCUT2D eigenvalue weighted by Crippen LogP contribution is -2.48. The molecule has 0 spiro atoms. The summed E-state index contributed by atoms with van der Waals surface area (Å²) >= 11 is 0. The van der Waals surface area contributed by atoms with Crippen LogP contribution in [-0.2, 0) is 4.79 Å². The Bertz CT molecular complexity index is 861. The van der Waals surface area contributed by atoms with E-state index in [0.717, 1.165) is 22.4 Å². The van der Waals surface area contributed by atoms with Crippen molar-refractivity contribution in [3.05, 3.63) is 64.7 Å². The Hall–Kier alpha value is -2.82. The molecule has 0 aliphatic rings. The molecule has 29 heavy (non-hydrogen) atoms. The lowest BCUT2D eigenvalue weighted by atomic mass is 10.00. The van der Waals surface area contributed by atoms with E-state index in [9.17, 15) is 9.59 Å². The third-order valence-electron chi connectivity index (χ3n) is 4.93. The first-order chi connectivity index (χ1) is 13.7. The van der Waals surface area contributed by atoms with E-state index in [2.05, 4.69) is 10.6 Å². The van der Waals surface area contributed by atoms with E-state index in [1.807, 2.05) is 71.0 Å². The van der Waals surface area contributed by atoms with E-state index < -0.39 is 6.04 Å². The van der Waals surface area contributed by atoms with E-state index in [1.54, 1.807) is 13.2 Å². The highest BCUT2D eigenvalue weighted by atomic mass is 16.5. The van der Waals surface area contributed by atoms with Gasteiger partial charge in [0.15, 0.2) is 0 Å². The minimum Gasteiger partial charge on any atom is -0.496 e. The zero-order valence-electron chi connectivity index (χ0n) is 18.2. The van der Waals surface area contributed by atoms with Crippen molar-refractivity contribution in [1.29, 1.82) is 0 Å². The number of carbonyl (C=O) groups is 2. The predicted molar refractivity (Wildman–Crippen MR) is 116 cm³/mol. The second kappa shape index (κ2) is 10.1. The first-order valence-corrected chi connectivity index (χ1v) is 10.0. The van der Waals surface area contributed by atoms with Gasteiger partial charge in [-0.05, 0) is 50.8 Å². The second-order valence-electron chi connectivity index (χ2n) is 7.95. The SMILES string of the molecule is COc1ccc(C)cc1C(C)NC(=O)C(CC(C)C)NC(=O)c1ccccc1C. The van der Waals surface area contributed by atoms with Crippen LogP contribution < -0.4 is 15.4 Å². The van der Waals surface area contributed by atoms with E-state index in [4.69, 9.17) is 4.74 Å². The van der Waals surface area contributed by atoms with Gasteiger partial charge in [0, 0.05) is 11.1 Å². The molecule has 0 fully saturated rings. The minimum atomic E-state index is -0.611. The summed E-state index contributed by atoms with van der Waals surface area (Å²) in [6.45, 7) is 9.88. The maximum atomic E-state index is 13.0. The summed E-state index contributed by atoms with van der Waals surface area (Å²) in [6.07, 6.45) is 0.557. The van der Waals surface area contributed by atoms with Gasteiger partial charge in [-0.3, -0.25) is 9.59 Å². The fraction of sp³-hybridized carbons (Fsp3) is 0.417. The predicted octanol–water partition coefficient (Wildman–Crippen LogP) is 4.33. The van der Waals surface area contributed by atoms with Crippen molar-refractivity contribution in [2.75, 3.05) is 7.11 Å². The van der Waals surface area contributed by atoms with E-state index in [0.29, 0.717) is 12.0 Å². The summed E-state index contributed by atoms with van der Waals surface area (Å²) in [6, 6.07) is 12.4. The van der Waals surface area contributed by atoms with Crippen molar-refractivity contribution >= 4 is 11.8 Å². The Morgan fingerprint density at radius 1 is 1.00 bits per heavy atom. The molecule has 2 amide bonds. The molecule has 5 heteroatoms. The lowest BCUT2D eigenvalue weighted by molar-refractivity contribution is -0.124. The van der Waals surface area contributed by atoms with E-state index >= 15 is 0 Å². The molecule has 0 aliphatic heterocycles. The Morgan fingerprint density at radius 3 is 2.31 bits per heavy atom. The fourth-order valence-corrected chi connectivity index (χ4v) is 3.35. The Balaban J connectivity index is 2.17. The summed E-state index contributed by atoms with van der Waals surface area (Å²) in [4.78, 5) is 25.8. The molecule has 2 unspecified atom stereocenters. The number of benzene rings is 2. The first kappa shape index (κ1) is 22.5. The molecule has 0 aromatic heterocycles. The quantitative estimate of drug-likeness (QED) is 0.698. The number of aryl methyl sites for hydroxylation is 2. The molecule has 0 aliphatic carbocycles. The van der Waals surface area contributed by atoms with Crippen molar-refractivity contribution in [1.82, 2.24) is 10.6 Å². The highest BCUT2D eigenvalue weighted by Gasteiger charge is 2.25. The standard InChI is InChI=1S/C24H32N2O3/c1-15(2)13-21(26-23(27)19-10-8-7-9-17(19)4)24(28)25-18(5)20-14-16(3)11-12-22(20)29-6/h7-12,14-15,18,21H,13H2,1-6H3,(H,25,28)(H,26,27). The third kappa shape index (κ3) is 6.08. The van der Waals surface area contributed by atoms with Crippen LogP contribution in [0.4, 0.5) is 0 Å². The molecule has 0 saturated carbocycles. The number of hydrogen-bond acceptors (Lipinski definition) is 3. The van der Waals surface area contributed by atoms with Gasteiger partial charge in [0.05, 0.1) is 13.2 Å². The molecule has 2 aromatic carbocycles. The number of carbonyl (C=O) groups excluding carboxylic acids is 2. The molecule has 0 heterocycles. The van der Waals surface area contributed by atoms with Gasteiger partial charge in [-0.15, -0.1) is 0 Å². The maximum Gasteiger partial charge on any atom is 0.252 e. The smallest absolute Gasteiger partial charge is 0.252 e. The molecule has 2 atom stereocenters. The van der Waals surface area contributed by atoms with Gasteiger partial charge in [-0.25, -0.2) is 0 Å². The van der Waals surface area contributed by atoms with Crippen LogP contribution in [0.15, 0.2) is 42.5 Å². The van der Waals surface area contributed by atoms with Gasteiger partial charge >= 0.3 is 0 Å². The zero-order valence-corrected chi connectivity index (χ0v) is 18.2. The Morgan fingerprint density at radius 2 is 1.69 bits per heavy atom. The average molecular weight is 397 g/mol. The molecule has 5 nitrogen and oxygen atoms in total. The number of rotatable bonds is 8. The van der Waals surface area contributed by atoms with Crippen molar-refractivity contribution in [3.63, 3.8) is 0 Å². The second-order valence-corrected chi connectivity index (χ2v) is 7.95. The largest absolute Gasteiger partial charge is 0.496 e. The fourth-order valence-electron chi connectivity index (χ4n) is 3.35. The monoisotopic (exact) mass is 396 g/mol. The van der Waals surface area contributed by atoms with Crippen LogP contribution in [-0.4, -0.2) is 25.0 Å². The van der Waals surface area contributed by atoms with Crippen LogP contribution in [0.1, 0.15) is 60.3 Å². The number of ether oxygens (including phenoxy) is 1. The molecular weight excluding hydrogens is 364 g/mol. The van der Waals surface area contributed by atoms with Gasteiger partial charge in [-0.2, -0.15) is 0 Å². The van der Waals surface area contributed by atoms with Crippen molar-refractivity contribution in [2.45, 2.75) is 53.1 Å². The molecule has 0 bridgehead atoms. The van der Waals surface area contributed by atoms with Crippen LogP contribution >= 0.6 is 0 Å². The van der Waals surface area contributed by atoms with Gasteiger partial charge in [-0.1, -0.05) is 49.7 Å². The Kier molecular flexibility index (Phi) is 7.82. The van der Waals surface area contributed by atoms with Crippen LogP contribution in [0, 0.1) is 19.8 Å². The van der Waals surface area contributed by atoms with E-state index in [-0.39, 0.29) is 23.8 Å². The number of nitrogens with one attached hydrogen (secondary N) is 2. The summed E-state index contributed by atoms with van der Waals surface area (Å²) in [5.74, 6) is 0.556. The zero-order chi connectivity index (χ0) is 21.6. The van der Waals surface area contributed by atoms with Gasteiger partial charge in [0.1, 0.15) is 11.8 Å². The molecule has 2 rings (SSSR count). The molecular formula is C24H32N2O3. The van der Waals surface area contributed by atoms with Crippen molar-refractivity contribution in [3.8, 4) is 5.75 Å². The van der Waals surface area contributed by atoms with Crippen LogP contribution in [0.25, 0.3) is 0 Å². The molecule has 0 radical (unpaired) electrons. The first-order valence-electron chi connectivity index (χ1n) is 10.0. The Labute approximate surface area is 173 Å². The maximum absolute atomic E-state index is 13.0. The molecule has 156 valence electrons. The van der Waals surface area contributed by atoms with Gasteiger partial charge < -0.3 is 15.4 Å². The third-order valence-corrected chi connectivity index (χ3v) is 4.93. The van der Waals surface area contributed by atoms with Crippen LogP contribution in [0.5, 0.6) is 5.75 Å². The molecule has 2 N–H and O–H groups in total. The summed E-state index contributed by atoms with van der Waals surface area (Å²) in [5, 5.41) is 5.96. The summed E-state index contributed by atoms with van der Waals surface area (Å²) < 4.78 is 5.44. The average Bonchev–Trinajstić information content (AvgIpc) is 2.67. The summed E-state index contributed by atoms with van der Waals surface area (Å²) in [5.41, 5.74) is 3.47. The number of hydrogen-bond donors (Lipinski definition) is 2. The topological polar surface area (TPSA) is 67.4 Å². The van der Waals surface area contributed by atoms with Gasteiger partial charge in [0.25, 0.3) is 5.91 Å². The minimum absolute atomic E-state index is 0.198. The van der Waals surface area contributed by atoms with Crippen molar-refractivity contribution < 1.29 is 14.3 Å². The normalized spacial score (nSPS) is 12.9. The lowest BCUT2D eigenvalue weighted by Gasteiger charge is -2.24. The van der Waals surface area contributed by atoms with Crippen molar-refractivity contribution in [2.24, 2.45) is 5.92 Å². The van der Waals surface area contributed by atoms with Gasteiger partial charge in [0.2, 0.25) is 5.91 Å². The van der Waals surface area contributed by atoms with Crippen LogP contribution in [0.2, 0.25) is 0 Å². The number of methoxy groups -OCH3 is 1. The molecule has 2 aromatic rings.